The van der Waals surface area contributed by atoms with Gasteiger partial charge in [-0.3, -0.25) is 4.79 Å². The van der Waals surface area contributed by atoms with Gasteiger partial charge in [0.1, 0.15) is 19.8 Å². The fourth-order valence-electron chi connectivity index (χ4n) is 7.55. The third-order valence-corrected chi connectivity index (χ3v) is 11.7. The van der Waals surface area contributed by atoms with Crippen LogP contribution >= 0.6 is 0 Å². The molecule has 0 aromatic heterocycles. The van der Waals surface area contributed by atoms with Crippen LogP contribution in [0.2, 0.25) is 0 Å². The molecule has 1 saturated heterocycles. The summed E-state index contributed by atoms with van der Waals surface area (Å²) < 4.78 is 22.2. The van der Waals surface area contributed by atoms with E-state index in [2.05, 4.69) is 61.9 Å². The predicted molar refractivity (Wildman–Crippen MR) is 254 cm³/mol. The van der Waals surface area contributed by atoms with E-state index in [1.54, 1.807) is 6.08 Å². The lowest BCUT2D eigenvalue weighted by Crippen LogP contribution is -2.44. The second kappa shape index (κ2) is 42.6. The SMILES string of the molecule is CCCCC/C=C\C/C=C\CCCCCCCC(=O)OCC(COC(=O)/C=C(/CCCCCCCC)CCCCCCCCCC)COC(=O)OCCCN1CCN(C)CC1. The lowest BCUT2D eigenvalue weighted by Gasteiger charge is -2.32. The summed E-state index contributed by atoms with van der Waals surface area (Å²) in [5, 5.41) is 0. The molecule has 1 aliphatic heterocycles. The van der Waals surface area contributed by atoms with E-state index in [0.717, 1.165) is 115 Å². The third kappa shape index (κ3) is 37.6. The molecule has 9 nitrogen and oxygen atoms in total. The van der Waals surface area contributed by atoms with E-state index in [1.807, 2.05) is 0 Å². The van der Waals surface area contributed by atoms with Gasteiger partial charge < -0.3 is 28.7 Å². The molecule has 0 amide bonds. The largest absolute Gasteiger partial charge is 0.508 e. The predicted octanol–water partition coefficient (Wildman–Crippen LogP) is 13.5. The highest BCUT2D eigenvalue weighted by molar-refractivity contribution is 5.82. The van der Waals surface area contributed by atoms with E-state index >= 15 is 0 Å². The average Bonchev–Trinajstić information content (AvgIpc) is 3.26. The maximum absolute atomic E-state index is 13.2. The molecule has 0 aromatic carbocycles. The van der Waals surface area contributed by atoms with Crippen molar-refractivity contribution in [3.8, 4) is 0 Å². The Balaban J connectivity index is 2.59. The molecule has 0 radical (unpaired) electrons. The Bertz CT molecular complexity index is 1130. The van der Waals surface area contributed by atoms with Crippen LogP contribution in [0.25, 0.3) is 0 Å². The van der Waals surface area contributed by atoms with Gasteiger partial charge in [-0.2, -0.15) is 0 Å². The molecule has 1 atom stereocenters. The minimum absolute atomic E-state index is 0.00888. The Morgan fingerprint density at radius 3 is 1.57 bits per heavy atom. The first-order valence-electron chi connectivity index (χ1n) is 25.4. The van der Waals surface area contributed by atoms with E-state index in [4.69, 9.17) is 18.9 Å². The Hall–Kier alpha value is -2.65. The van der Waals surface area contributed by atoms with Gasteiger partial charge in [-0.05, 0) is 77.7 Å². The molecule has 0 aromatic rings. The molecular weight excluding hydrogens is 765 g/mol. The van der Waals surface area contributed by atoms with Gasteiger partial charge in [0.25, 0.3) is 0 Å². The van der Waals surface area contributed by atoms with Crippen LogP contribution in [0.4, 0.5) is 4.79 Å². The minimum atomic E-state index is -0.752. The van der Waals surface area contributed by atoms with Crippen molar-refractivity contribution in [2.45, 2.75) is 207 Å². The van der Waals surface area contributed by atoms with Crippen molar-refractivity contribution in [3.63, 3.8) is 0 Å². The van der Waals surface area contributed by atoms with Crippen molar-refractivity contribution >= 4 is 18.1 Å². The molecule has 1 heterocycles. The first-order chi connectivity index (χ1) is 29.9. The summed E-state index contributed by atoms with van der Waals surface area (Å²) in [5.74, 6) is -1.15. The van der Waals surface area contributed by atoms with Crippen LogP contribution in [0, 0.1) is 5.92 Å². The molecule has 0 aliphatic carbocycles. The van der Waals surface area contributed by atoms with Crippen LogP contribution in [0.3, 0.4) is 0 Å². The number of rotatable bonds is 41. The Labute approximate surface area is 375 Å². The number of piperazine rings is 1. The van der Waals surface area contributed by atoms with E-state index in [9.17, 15) is 14.4 Å². The molecule has 9 heteroatoms. The molecular formula is C52H94N2O7. The van der Waals surface area contributed by atoms with Crippen molar-refractivity contribution in [2.24, 2.45) is 5.92 Å². The minimum Gasteiger partial charge on any atom is -0.465 e. The average molecular weight is 859 g/mol. The van der Waals surface area contributed by atoms with E-state index < -0.39 is 12.1 Å². The van der Waals surface area contributed by atoms with Gasteiger partial charge in [-0.25, -0.2) is 9.59 Å². The van der Waals surface area contributed by atoms with Crippen LogP contribution < -0.4 is 0 Å². The van der Waals surface area contributed by atoms with Crippen molar-refractivity contribution in [1.82, 2.24) is 9.80 Å². The second-order valence-corrected chi connectivity index (χ2v) is 17.6. The summed E-state index contributed by atoms with van der Waals surface area (Å²) in [7, 11) is 2.13. The van der Waals surface area contributed by atoms with Crippen LogP contribution in [-0.4, -0.2) is 94.1 Å². The first kappa shape index (κ1) is 56.4. The monoisotopic (exact) mass is 859 g/mol. The van der Waals surface area contributed by atoms with E-state index in [-0.39, 0.29) is 38.4 Å². The number of allylic oxidation sites excluding steroid dienone is 5. The van der Waals surface area contributed by atoms with Crippen molar-refractivity contribution in [1.29, 1.82) is 0 Å². The van der Waals surface area contributed by atoms with Crippen molar-refractivity contribution < 1.29 is 33.3 Å². The molecule has 1 fully saturated rings. The summed E-state index contributed by atoms with van der Waals surface area (Å²) in [6, 6.07) is 0. The number of carbonyl (C=O) groups is 3. The number of ether oxygens (including phenoxy) is 4. The van der Waals surface area contributed by atoms with Gasteiger partial charge in [-0.15, -0.1) is 0 Å². The highest BCUT2D eigenvalue weighted by Gasteiger charge is 2.19. The van der Waals surface area contributed by atoms with Crippen LogP contribution in [0.5, 0.6) is 0 Å². The number of likely N-dealkylation sites (N-methyl/N-ethyl adjacent to an activating group) is 1. The number of esters is 2. The Kier molecular flexibility index (Phi) is 39.4. The van der Waals surface area contributed by atoms with Gasteiger partial charge in [-0.1, -0.05) is 160 Å². The molecule has 354 valence electrons. The summed E-state index contributed by atoms with van der Waals surface area (Å²) in [6.07, 6.45) is 42.6. The van der Waals surface area contributed by atoms with Gasteiger partial charge in [0, 0.05) is 45.2 Å². The summed E-state index contributed by atoms with van der Waals surface area (Å²) in [4.78, 5) is 43.1. The van der Waals surface area contributed by atoms with E-state index in [0.29, 0.717) is 6.42 Å². The molecule has 1 unspecified atom stereocenters. The fourth-order valence-corrected chi connectivity index (χ4v) is 7.55. The normalized spacial score (nSPS) is 14.5. The highest BCUT2D eigenvalue weighted by Crippen LogP contribution is 2.20. The lowest BCUT2D eigenvalue weighted by atomic mass is 9.99. The van der Waals surface area contributed by atoms with Crippen LogP contribution in [0.1, 0.15) is 207 Å². The topological polar surface area (TPSA) is 94.6 Å². The van der Waals surface area contributed by atoms with Gasteiger partial charge >= 0.3 is 18.1 Å². The van der Waals surface area contributed by atoms with Crippen molar-refractivity contribution in [3.05, 3.63) is 36.0 Å². The Morgan fingerprint density at radius 1 is 0.508 bits per heavy atom. The molecule has 1 rings (SSSR count). The van der Waals surface area contributed by atoms with Crippen LogP contribution in [0.15, 0.2) is 36.0 Å². The maximum Gasteiger partial charge on any atom is 0.508 e. The zero-order valence-corrected chi connectivity index (χ0v) is 40.1. The standard InChI is InChI=1S/C52H94N2O7/c1-5-8-11-14-17-19-20-21-22-23-24-25-27-30-33-37-50(55)59-45-49(47-61-52(57)58-43-34-38-54-41-39-53(4)40-42-54)46-60-51(56)44-48(35-31-28-16-13-10-7-3)36-32-29-26-18-15-12-9-6-2/h17,19,21-22,44,49H,5-16,18,20,23-43,45-47H2,1-4H3/b19-17-,22-21-,48-44-. The van der Waals surface area contributed by atoms with Crippen molar-refractivity contribution in [2.75, 3.05) is 66.2 Å². The number of hydrogen-bond acceptors (Lipinski definition) is 9. The summed E-state index contributed by atoms with van der Waals surface area (Å²) in [5.41, 5.74) is 1.16. The molecule has 61 heavy (non-hydrogen) atoms. The molecule has 0 spiro atoms. The van der Waals surface area contributed by atoms with Gasteiger partial charge in [0.15, 0.2) is 0 Å². The number of hydrogen-bond donors (Lipinski definition) is 0. The van der Waals surface area contributed by atoms with Gasteiger partial charge in [0.05, 0.1) is 12.5 Å². The molecule has 0 N–H and O–H groups in total. The number of unbranched alkanes of at least 4 members (excludes halogenated alkanes) is 20. The molecule has 1 aliphatic rings. The quantitative estimate of drug-likeness (QED) is 0.0196. The number of nitrogens with zero attached hydrogens (tertiary/aromatic N) is 2. The lowest BCUT2D eigenvalue weighted by molar-refractivity contribution is -0.148. The fraction of sp³-hybridized carbons (Fsp3) is 0.827. The zero-order chi connectivity index (χ0) is 44.3. The number of carbonyl (C=O) groups excluding carboxylic acids is 3. The molecule has 0 bridgehead atoms. The second-order valence-electron chi connectivity index (χ2n) is 17.6. The zero-order valence-electron chi connectivity index (χ0n) is 40.1. The maximum atomic E-state index is 13.2. The highest BCUT2D eigenvalue weighted by atomic mass is 16.7. The van der Waals surface area contributed by atoms with E-state index in [1.165, 1.54) is 103 Å². The first-order valence-corrected chi connectivity index (χ1v) is 25.4. The summed E-state index contributed by atoms with van der Waals surface area (Å²) >= 11 is 0. The third-order valence-electron chi connectivity index (χ3n) is 11.7. The molecule has 0 saturated carbocycles. The Morgan fingerprint density at radius 2 is 0.984 bits per heavy atom. The van der Waals surface area contributed by atoms with Crippen LogP contribution in [-0.2, 0) is 28.5 Å². The smallest absolute Gasteiger partial charge is 0.465 e. The summed E-state index contributed by atoms with van der Waals surface area (Å²) in [6.45, 7) is 11.9. The van der Waals surface area contributed by atoms with Gasteiger partial charge in [0.2, 0.25) is 0 Å².